The number of hydrogen-bond donors (Lipinski definition) is 0. The Morgan fingerprint density at radius 1 is 1.19 bits per heavy atom. The van der Waals surface area contributed by atoms with E-state index in [1.165, 1.54) is 0 Å². The van der Waals surface area contributed by atoms with E-state index in [4.69, 9.17) is 14.5 Å². The van der Waals surface area contributed by atoms with E-state index in [9.17, 15) is 4.79 Å². The normalized spacial score (nSPS) is 14.5. The second-order valence-corrected chi connectivity index (χ2v) is 6.44. The molecule has 27 heavy (non-hydrogen) atoms. The van der Waals surface area contributed by atoms with Gasteiger partial charge in [0, 0.05) is 30.4 Å². The molecule has 4 rings (SSSR count). The molecule has 1 aliphatic heterocycles. The summed E-state index contributed by atoms with van der Waals surface area (Å²) in [7, 11) is 0. The highest BCUT2D eigenvalue weighted by Crippen LogP contribution is 2.23. The molecular weight excluding hydrogens is 344 g/mol. The minimum Gasteiger partial charge on any atom is -0.494 e. The van der Waals surface area contributed by atoms with Crippen LogP contribution in [0.15, 0.2) is 36.4 Å². The monoisotopic (exact) mass is 366 g/mol. The smallest absolute Gasteiger partial charge is 0.274 e. The molecule has 2 aromatic heterocycles. The highest BCUT2D eigenvalue weighted by molar-refractivity contribution is 5.93. The molecule has 1 aromatic carbocycles. The van der Waals surface area contributed by atoms with E-state index in [1.54, 1.807) is 15.5 Å². The fraction of sp³-hybridized carbons (Fsp3) is 0.350. The zero-order chi connectivity index (χ0) is 18.8. The zero-order valence-electron chi connectivity index (χ0n) is 15.5. The largest absolute Gasteiger partial charge is 0.494 e. The molecule has 7 nitrogen and oxygen atoms in total. The molecule has 0 spiro atoms. The van der Waals surface area contributed by atoms with Crippen LogP contribution in [0.2, 0.25) is 0 Å². The van der Waals surface area contributed by atoms with Crippen LogP contribution >= 0.6 is 0 Å². The maximum Gasteiger partial charge on any atom is 0.274 e. The van der Waals surface area contributed by atoms with E-state index in [-0.39, 0.29) is 5.91 Å². The highest BCUT2D eigenvalue weighted by Gasteiger charge is 2.22. The number of nitrogens with zero attached hydrogens (tertiary/aromatic N) is 4. The van der Waals surface area contributed by atoms with Gasteiger partial charge in [0.2, 0.25) is 0 Å². The lowest BCUT2D eigenvalue weighted by molar-refractivity contribution is 0.0299. The Labute approximate surface area is 157 Å². The summed E-state index contributed by atoms with van der Waals surface area (Å²) in [6.07, 6.45) is 0. The third-order valence-electron chi connectivity index (χ3n) is 4.58. The minimum atomic E-state index is -0.0779. The summed E-state index contributed by atoms with van der Waals surface area (Å²) in [4.78, 5) is 19.2. The van der Waals surface area contributed by atoms with E-state index in [1.807, 2.05) is 44.2 Å². The molecule has 7 heteroatoms. The quantitative estimate of drug-likeness (QED) is 0.710. The summed E-state index contributed by atoms with van der Waals surface area (Å²) in [5, 5.41) is 4.46. The Morgan fingerprint density at radius 2 is 1.93 bits per heavy atom. The number of ether oxygens (including phenoxy) is 2. The van der Waals surface area contributed by atoms with Crippen LogP contribution in [0.5, 0.6) is 5.75 Å². The molecule has 140 valence electrons. The molecule has 3 aromatic rings. The first-order chi connectivity index (χ1) is 13.2. The molecule has 1 amide bonds. The Morgan fingerprint density at radius 3 is 2.63 bits per heavy atom. The van der Waals surface area contributed by atoms with Crippen molar-refractivity contribution in [2.24, 2.45) is 0 Å². The van der Waals surface area contributed by atoms with E-state index < -0.39 is 0 Å². The molecule has 0 atom stereocenters. The van der Waals surface area contributed by atoms with Crippen LogP contribution in [0.25, 0.3) is 16.9 Å². The average Bonchev–Trinajstić information content (AvgIpc) is 3.14. The number of aromatic nitrogens is 3. The topological polar surface area (TPSA) is 69.0 Å². The van der Waals surface area contributed by atoms with E-state index in [2.05, 4.69) is 5.10 Å². The first kappa shape index (κ1) is 17.5. The van der Waals surface area contributed by atoms with Crippen molar-refractivity contribution in [2.75, 3.05) is 32.9 Å². The molecule has 0 aliphatic carbocycles. The summed E-state index contributed by atoms with van der Waals surface area (Å²) in [5.41, 5.74) is 3.83. The Bertz CT molecular complexity index is 959. The number of aryl methyl sites for hydroxylation is 1. The number of morpholine rings is 1. The first-order valence-electron chi connectivity index (χ1n) is 9.13. The molecule has 1 aliphatic rings. The maximum absolute atomic E-state index is 12.7. The van der Waals surface area contributed by atoms with Crippen molar-refractivity contribution in [3.8, 4) is 17.0 Å². The van der Waals surface area contributed by atoms with Crippen molar-refractivity contribution in [1.82, 2.24) is 19.5 Å². The fourth-order valence-corrected chi connectivity index (χ4v) is 3.19. The molecule has 1 saturated heterocycles. The zero-order valence-corrected chi connectivity index (χ0v) is 15.5. The number of fused-ring (bicyclic) bond motifs is 1. The molecule has 0 N–H and O–H groups in total. The van der Waals surface area contributed by atoms with Crippen LogP contribution in [-0.2, 0) is 4.74 Å². The van der Waals surface area contributed by atoms with Crippen LogP contribution in [0.4, 0.5) is 0 Å². The van der Waals surface area contributed by atoms with Gasteiger partial charge in [-0.3, -0.25) is 4.79 Å². The van der Waals surface area contributed by atoms with Crippen molar-refractivity contribution in [2.45, 2.75) is 13.8 Å². The van der Waals surface area contributed by atoms with Crippen LogP contribution in [0.3, 0.4) is 0 Å². The maximum atomic E-state index is 12.7. The van der Waals surface area contributed by atoms with Crippen LogP contribution in [0, 0.1) is 6.92 Å². The van der Waals surface area contributed by atoms with Gasteiger partial charge in [0.15, 0.2) is 11.3 Å². The van der Waals surface area contributed by atoms with Gasteiger partial charge in [-0.1, -0.05) is 0 Å². The van der Waals surface area contributed by atoms with Crippen molar-refractivity contribution < 1.29 is 14.3 Å². The number of carbonyl (C=O) groups is 1. The lowest BCUT2D eigenvalue weighted by Crippen LogP contribution is -2.40. The summed E-state index contributed by atoms with van der Waals surface area (Å²) in [6.45, 7) is 6.88. The van der Waals surface area contributed by atoms with Gasteiger partial charge in [-0.15, -0.1) is 0 Å². The molecule has 0 saturated carbocycles. The number of amides is 1. The van der Waals surface area contributed by atoms with Gasteiger partial charge >= 0.3 is 0 Å². The van der Waals surface area contributed by atoms with Gasteiger partial charge in [0.05, 0.1) is 25.5 Å². The predicted molar refractivity (Wildman–Crippen MR) is 101 cm³/mol. The van der Waals surface area contributed by atoms with Gasteiger partial charge < -0.3 is 14.4 Å². The standard InChI is InChI=1S/C20H22N4O3/c1-3-27-16-6-4-15(5-7-16)17-12-14(2)24-19(21-17)13-18(22-24)20(25)23-8-10-26-11-9-23/h4-7,12-13H,3,8-11H2,1-2H3. The third-order valence-corrected chi connectivity index (χ3v) is 4.58. The van der Waals surface area contributed by atoms with Gasteiger partial charge in [-0.05, 0) is 44.2 Å². The van der Waals surface area contributed by atoms with Crippen LogP contribution in [-0.4, -0.2) is 58.3 Å². The van der Waals surface area contributed by atoms with Gasteiger partial charge in [-0.2, -0.15) is 5.10 Å². The minimum absolute atomic E-state index is 0.0779. The molecule has 0 unspecified atom stereocenters. The third kappa shape index (κ3) is 3.50. The second-order valence-electron chi connectivity index (χ2n) is 6.44. The van der Waals surface area contributed by atoms with Crippen molar-refractivity contribution >= 4 is 11.6 Å². The molecule has 3 heterocycles. The van der Waals surface area contributed by atoms with E-state index >= 15 is 0 Å². The average molecular weight is 366 g/mol. The lowest BCUT2D eigenvalue weighted by Gasteiger charge is -2.25. The number of rotatable bonds is 4. The lowest BCUT2D eigenvalue weighted by atomic mass is 10.1. The molecular formula is C20H22N4O3. The Balaban J connectivity index is 1.65. The van der Waals surface area contributed by atoms with Crippen LogP contribution in [0.1, 0.15) is 23.1 Å². The molecule has 1 fully saturated rings. The molecule has 0 bridgehead atoms. The summed E-state index contributed by atoms with van der Waals surface area (Å²) >= 11 is 0. The van der Waals surface area contributed by atoms with Gasteiger partial charge in [0.1, 0.15) is 5.75 Å². The van der Waals surface area contributed by atoms with Crippen LogP contribution < -0.4 is 4.74 Å². The summed E-state index contributed by atoms with van der Waals surface area (Å²) in [5.74, 6) is 0.757. The van der Waals surface area contributed by atoms with E-state index in [0.29, 0.717) is 44.3 Å². The highest BCUT2D eigenvalue weighted by atomic mass is 16.5. The summed E-state index contributed by atoms with van der Waals surface area (Å²) < 4.78 is 12.5. The molecule has 0 radical (unpaired) electrons. The van der Waals surface area contributed by atoms with Crippen molar-refractivity contribution in [1.29, 1.82) is 0 Å². The van der Waals surface area contributed by atoms with Crippen molar-refractivity contribution in [3.63, 3.8) is 0 Å². The SMILES string of the molecule is CCOc1ccc(-c2cc(C)n3nc(C(=O)N4CCOCC4)cc3n2)cc1. The second kappa shape index (κ2) is 7.36. The van der Waals surface area contributed by atoms with Gasteiger partial charge in [0.25, 0.3) is 5.91 Å². The van der Waals surface area contributed by atoms with Crippen molar-refractivity contribution in [3.05, 3.63) is 47.8 Å². The first-order valence-corrected chi connectivity index (χ1v) is 9.13. The van der Waals surface area contributed by atoms with Gasteiger partial charge in [-0.25, -0.2) is 9.50 Å². The van der Waals surface area contributed by atoms with E-state index in [0.717, 1.165) is 22.7 Å². The number of hydrogen-bond acceptors (Lipinski definition) is 5. The Hall–Kier alpha value is -2.93. The number of carbonyl (C=O) groups excluding carboxylic acids is 1. The Kier molecular flexibility index (Phi) is 4.77. The number of benzene rings is 1. The predicted octanol–water partition coefficient (Wildman–Crippen LogP) is 2.58. The summed E-state index contributed by atoms with van der Waals surface area (Å²) in [6, 6.07) is 11.6. The fourth-order valence-electron chi connectivity index (χ4n) is 3.19.